The maximum absolute atomic E-state index is 6.38. The molecule has 3 nitrogen and oxygen atoms in total. The van der Waals surface area contributed by atoms with Gasteiger partial charge in [-0.1, -0.05) is 19.3 Å². The van der Waals surface area contributed by atoms with Crippen LogP contribution in [0.4, 0.5) is 0 Å². The topological polar surface area (TPSA) is 38.5 Å². The summed E-state index contributed by atoms with van der Waals surface area (Å²) in [6.07, 6.45) is 9.80. The minimum absolute atomic E-state index is 0.380. The van der Waals surface area contributed by atoms with E-state index < -0.39 is 0 Å². The zero-order valence-electron chi connectivity index (χ0n) is 11.2. The standard InChI is InChI=1S/C14H28N2O/c1-17-13-8-5-9-16(10-13)11-14(15)12-6-3-2-4-7-12/h12-14H,2-11,15H2,1H3. The molecule has 2 unspecified atom stereocenters. The molecule has 2 aliphatic rings. The van der Waals surface area contributed by atoms with Crippen LogP contribution in [0, 0.1) is 5.92 Å². The Bertz CT molecular complexity index is 216. The minimum Gasteiger partial charge on any atom is -0.380 e. The second kappa shape index (κ2) is 6.72. The largest absolute Gasteiger partial charge is 0.380 e. The van der Waals surface area contributed by atoms with Crippen LogP contribution in [0.3, 0.4) is 0 Å². The Balaban J connectivity index is 1.74. The Hall–Kier alpha value is -0.120. The molecule has 2 N–H and O–H groups in total. The molecule has 1 aliphatic heterocycles. The van der Waals surface area contributed by atoms with Gasteiger partial charge in [0.15, 0.2) is 0 Å². The maximum atomic E-state index is 6.38. The van der Waals surface area contributed by atoms with E-state index in [1.807, 2.05) is 7.11 Å². The van der Waals surface area contributed by atoms with Gasteiger partial charge in [0.05, 0.1) is 6.10 Å². The highest BCUT2D eigenvalue weighted by Crippen LogP contribution is 2.26. The summed E-state index contributed by atoms with van der Waals surface area (Å²) in [5, 5.41) is 0. The van der Waals surface area contributed by atoms with Crippen molar-refractivity contribution in [1.82, 2.24) is 4.90 Å². The highest BCUT2D eigenvalue weighted by molar-refractivity contribution is 4.82. The zero-order valence-corrected chi connectivity index (χ0v) is 11.2. The van der Waals surface area contributed by atoms with E-state index in [0.29, 0.717) is 12.1 Å². The Morgan fingerprint density at radius 1 is 1.18 bits per heavy atom. The molecule has 2 rings (SSSR count). The second-order valence-electron chi connectivity index (χ2n) is 5.82. The van der Waals surface area contributed by atoms with Gasteiger partial charge in [-0.05, 0) is 38.1 Å². The fourth-order valence-corrected chi connectivity index (χ4v) is 3.38. The van der Waals surface area contributed by atoms with Crippen molar-refractivity contribution in [2.45, 2.75) is 57.1 Å². The second-order valence-corrected chi connectivity index (χ2v) is 5.82. The Kier molecular flexibility index (Phi) is 5.26. The minimum atomic E-state index is 0.380. The van der Waals surface area contributed by atoms with Gasteiger partial charge in [0, 0.05) is 26.2 Å². The highest BCUT2D eigenvalue weighted by Gasteiger charge is 2.25. The van der Waals surface area contributed by atoms with Crippen molar-refractivity contribution in [2.24, 2.45) is 11.7 Å². The predicted octanol–water partition coefficient (Wildman–Crippen LogP) is 2.00. The first-order valence-electron chi connectivity index (χ1n) is 7.30. The summed E-state index contributed by atoms with van der Waals surface area (Å²) in [5.41, 5.74) is 6.38. The van der Waals surface area contributed by atoms with Gasteiger partial charge in [-0.15, -0.1) is 0 Å². The molecule has 2 fully saturated rings. The van der Waals surface area contributed by atoms with Crippen molar-refractivity contribution >= 4 is 0 Å². The van der Waals surface area contributed by atoms with E-state index in [1.54, 1.807) is 0 Å². The smallest absolute Gasteiger partial charge is 0.0698 e. The lowest BCUT2D eigenvalue weighted by Crippen LogP contribution is -2.47. The lowest BCUT2D eigenvalue weighted by molar-refractivity contribution is 0.0265. The quantitative estimate of drug-likeness (QED) is 0.817. The van der Waals surface area contributed by atoms with E-state index in [1.165, 1.54) is 51.5 Å². The number of likely N-dealkylation sites (tertiary alicyclic amines) is 1. The number of methoxy groups -OCH3 is 1. The predicted molar refractivity (Wildman–Crippen MR) is 71.0 cm³/mol. The third-order valence-electron chi connectivity index (χ3n) is 4.52. The molecular formula is C14H28N2O. The van der Waals surface area contributed by atoms with E-state index in [2.05, 4.69) is 4.90 Å². The van der Waals surface area contributed by atoms with Gasteiger partial charge in [-0.3, -0.25) is 4.90 Å². The summed E-state index contributed by atoms with van der Waals surface area (Å²) >= 11 is 0. The molecule has 1 heterocycles. The molecule has 2 atom stereocenters. The number of hydrogen-bond acceptors (Lipinski definition) is 3. The molecular weight excluding hydrogens is 212 g/mol. The highest BCUT2D eigenvalue weighted by atomic mass is 16.5. The summed E-state index contributed by atoms with van der Waals surface area (Å²) in [5.74, 6) is 0.770. The van der Waals surface area contributed by atoms with Crippen LogP contribution in [0.25, 0.3) is 0 Å². The van der Waals surface area contributed by atoms with Crippen molar-refractivity contribution in [3.8, 4) is 0 Å². The van der Waals surface area contributed by atoms with Crippen LogP contribution in [-0.2, 0) is 4.74 Å². The number of rotatable bonds is 4. The van der Waals surface area contributed by atoms with Gasteiger partial charge in [0.1, 0.15) is 0 Å². The lowest BCUT2D eigenvalue weighted by atomic mass is 9.84. The SMILES string of the molecule is COC1CCCN(CC(N)C2CCCCC2)C1. The lowest BCUT2D eigenvalue weighted by Gasteiger charge is -2.36. The molecule has 1 aliphatic carbocycles. The van der Waals surface area contributed by atoms with E-state index >= 15 is 0 Å². The molecule has 1 saturated carbocycles. The Labute approximate surface area is 106 Å². The number of hydrogen-bond donors (Lipinski definition) is 1. The van der Waals surface area contributed by atoms with E-state index in [9.17, 15) is 0 Å². The van der Waals surface area contributed by atoms with Crippen molar-refractivity contribution < 1.29 is 4.74 Å². The third kappa shape index (κ3) is 3.94. The van der Waals surface area contributed by atoms with E-state index in [-0.39, 0.29) is 0 Å². The van der Waals surface area contributed by atoms with Crippen LogP contribution in [0.15, 0.2) is 0 Å². The fourth-order valence-electron chi connectivity index (χ4n) is 3.38. The van der Waals surface area contributed by atoms with Crippen molar-refractivity contribution in [1.29, 1.82) is 0 Å². The van der Waals surface area contributed by atoms with Crippen molar-refractivity contribution in [3.63, 3.8) is 0 Å². The number of piperidine rings is 1. The van der Waals surface area contributed by atoms with E-state index in [4.69, 9.17) is 10.5 Å². The van der Waals surface area contributed by atoms with Crippen LogP contribution in [0.5, 0.6) is 0 Å². The summed E-state index contributed by atoms with van der Waals surface area (Å²) in [4.78, 5) is 2.51. The van der Waals surface area contributed by atoms with E-state index in [0.717, 1.165) is 19.0 Å². The fraction of sp³-hybridized carbons (Fsp3) is 1.00. The summed E-state index contributed by atoms with van der Waals surface area (Å²) in [6.45, 7) is 3.36. The molecule has 0 spiro atoms. The first-order chi connectivity index (χ1) is 8.29. The maximum Gasteiger partial charge on any atom is 0.0698 e. The molecule has 1 saturated heterocycles. The summed E-state index contributed by atoms with van der Waals surface area (Å²) in [6, 6.07) is 0.380. The third-order valence-corrected chi connectivity index (χ3v) is 4.52. The molecule has 0 bridgehead atoms. The average molecular weight is 240 g/mol. The molecule has 100 valence electrons. The van der Waals surface area contributed by atoms with Gasteiger partial charge in [0.25, 0.3) is 0 Å². The molecule has 0 amide bonds. The van der Waals surface area contributed by atoms with Crippen molar-refractivity contribution in [2.75, 3.05) is 26.7 Å². The molecule has 17 heavy (non-hydrogen) atoms. The molecule has 0 aromatic rings. The summed E-state index contributed by atoms with van der Waals surface area (Å²) < 4.78 is 5.47. The van der Waals surface area contributed by atoms with Gasteiger partial charge in [-0.2, -0.15) is 0 Å². The normalized spacial score (nSPS) is 30.4. The van der Waals surface area contributed by atoms with Crippen LogP contribution < -0.4 is 5.73 Å². The first kappa shape index (κ1) is 13.3. The number of nitrogens with zero attached hydrogens (tertiary/aromatic N) is 1. The van der Waals surface area contributed by atoms with Crippen LogP contribution in [-0.4, -0.2) is 43.8 Å². The molecule has 0 aromatic heterocycles. The van der Waals surface area contributed by atoms with Gasteiger partial charge in [-0.25, -0.2) is 0 Å². The van der Waals surface area contributed by atoms with Crippen LogP contribution in [0.1, 0.15) is 44.9 Å². The van der Waals surface area contributed by atoms with Crippen LogP contribution in [0.2, 0.25) is 0 Å². The number of nitrogens with two attached hydrogens (primary N) is 1. The van der Waals surface area contributed by atoms with Crippen molar-refractivity contribution in [3.05, 3.63) is 0 Å². The number of ether oxygens (including phenoxy) is 1. The zero-order chi connectivity index (χ0) is 12.1. The Morgan fingerprint density at radius 2 is 1.94 bits per heavy atom. The Morgan fingerprint density at radius 3 is 2.65 bits per heavy atom. The average Bonchev–Trinajstić information content (AvgIpc) is 2.40. The monoisotopic (exact) mass is 240 g/mol. The molecule has 0 radical (unpaired) electrons. The van der Waals surface area contributed by atoms with Gasteiger partial charge < -0.3 is 10.5 Å². The van der Waals surface area contributed by atoms with Gasteiger partial charge in [0.2, 0.25) is 0 Å². The van der Waals surface area contributed by atoms with Crippen LogP contribution >= 0.6 is 0 Å². The molecule has 0 aromatic carbocycles. The van der Waals surface area contributed by atoms with Gasteiger partial charge >= 0.3 is 0 Å². The summed E-state index contributed by atoms with van der Waals surface area (Å²) in [7, 11) is 1.83. The first-order valence-corrected chi connectivity index (χ1v) is 7.30. The molecule has 3 heteroatoms.